The van der Waals surface area contributed by atoms with E-state index in [0.717, 1.165) is 22.7 Å². The summed E-state index contributed by atoms with van der Waals surface area (Å²) in [6.07, 6.45) is 0.710. The number of nitrogens with zero attached hydrogens (tertiary/aromatic N) is 6. The summed E-state index contributed by atoms with van der Waals surface area (Å²) >= 11 is 2.20. The lowest BCUT2D eigenvalue weighted by Crippen LogP contribution is -2.18. The van der Waals surface area contributed by atoms with E-state index in [4.69, 9.17) is 0 Å². The van der Waals surface area contributed by atoms with E-state index in [1.807, 2.05) is 0 Å². The topological polar surface area (TPSA) is 160 Å². The monoisotopic (exact) mass is 566 g/mol. The predicted molar refractivity (Wildman–Crippen MR) is 149 cm³/mol. The summed E-state index contributed by atoms with van der Waals surface area (Å²) in [6.45, 7) is 0. The van der Waals surface area contributed by atoms with Crippen LogP contribution < -0.4 is 21.7 Å². The Labute approximate surface area is 227 Å². The zero-order valence-electron chi connectivity index (χ0n) is 20.2. The van der Waals surface area contributed by atoms with Crippen molar-refractivity contribution in [2.45, 2.75) is 12.8 Å². The number of aryl methyl sites for hydroxylation is 2. The zero-order valence-corrected chi connectivity index (χ0v) is 21.8. The van der Waals surface area contributed by atoms with E-state index in [2.05, 4.69) is 30.6 Å². The first kappa shape index (κ1) is 22.9. The molecule has 2 aromatic heterocycles. The van der Waals surface area contributed by atoms with Crippen molar-refractivity contribution in [2.24, 2.45) is 0 Å². The molecule has 4 aromatic rings. The molecule has 4 aliphatic rings. The summed E-state index contributed by atoms with van der Waals surface area (Å²) < 4.78 is 3.78. The molecule has 194 valence electrons. The van der Waals surface area contributed by atoms with Gasteiger partial charge in [0.25, 0.3) is 0 Å². The smallest absolute Gasteiger partial charge is 0.231 e. The molecule has 40 heavy (non-hydrogen) atoms. The maximum atomic E-state index is 13.2. The first-order valence-electron chi connectivity index (χ1n) is 12.1. The third-order valence-corrected chi connectivity index (χ3v) is 9.04. The van der Waals surface area contributed by atoms with Gasteiger partial charge in [-0.15, -0.1) is 20.4 Å². The van der Waals surface area contributed by atoms with E-state index in [-0.39, 0.29) is 32.4 Å². The third-order valence-electron chi connectivity index (χ3n) is 6.96. The summed E-state index contributed by atoms with van der Waals surface area (Å²) in [6, 6.07) is 13.5. The number of hydrogen-bond acceptors (Lipinski definition) is 10. The van der Waals surface area contributed by atoms with Crippen LogP contribution in [0.15, 0.2) is 67.7 Å². The quantitative estimate of drug-likeness (QED) is 0.326. The molecule has 0 atom stereocenters. The van der Waals surface area contributed by atoms with E-state index >= 15 is 0 Å². The summed E-state index contributed by atoms with van der Waals surface area (Å²) in [5.41, 5.74) is -1.00. The molecule has 0 saturated carbocycles. The number of benzene rings is 2. The highest BCUT2D eigenvalue weighted by atomic mass is 32.1. The highest BCUT2D eigenvalue weighted by Crippen LogP contribution is 2.15. The van der Waals surface area contributed by atoms with Crippen LogP contribution in [0.4, 0.5) is 0 Å². The van der Waals surface area contributed by atoms with Gasteiger partial charge in [-0.25, -0.2) is 9.03 Å². The van der Waals surface area contributed by atoms with Crippen LogP contribution in [-0.4, -0.2) is 39.6 Å². The van der Waals surface area contributed by atoms with E-state index in [1.54, 1.807) is 57.6 Å². The summed E-state index contributed by atoms with van der Waals surface area (Å²) in [5, 5.41) is 24.9. The van der Waals surface area contributed by atoms with Crippen LogP contribution >= 0.6 is 22.7 Å². The van der Waals surface area contributed by atoms with Gasteiger partial charge in [-0.2, -0.15) is 0 Å². The number of nitrogens with one attached hydrogen (secondary N) is 2. The van der Waals surface area contributed by atoms with Gasteiger partial charge in [0.2, 0.25) is 31.6 Å². The lowest BCUT2D eigenvalue weighted by Gasteiger charge is -2.03. The Morgan fingerprint density at radius 2 is 0.925 bits per heavy atom. The average Bonchev–Trinajstić information content (AvgIpc) is 3.59. The minimum absolute atomic E-state index is 0.195. The molecule has 8 rings (SSSR count). The highest BCUT2D eigenvalue weighted by Gasteiger charge is 2.16. The number of aromatic nitrogens is 8. The molecule has 14 heteroatoms. The van der Waals surface area contributed by atoms with Crippen LogP contribution in [0.5, 0.6) is 0 Å². The lowest BCUT2D eigenvalue weighted by molar-refractivity contribution is 0.725. The first-order valence-corrected chi connectivity index (χ1v) is 13.8. The second kappa shape index (κ2) is 8.21. The van der Waals surface area contributed by atoms with Crippen LogP contribution in [0.1, 0.15) is 11.6 Å². The van der Waals surface area contributed by atoms with Crippen molar-refractivity contribution in [1.29, 1.82) is 0 Å². The normalized spacial score (nSPS) is 12.1. The first-order chi connectivity index (χ1) is 19.5. The van der Waals surface area contributed by atoms with Gasteiger partial charge in [0, 0.05) is 34.4 Å². The number of fused-ring (bicyclic) bond motifs is 4. The van der Waals surface area contributed by atoms with Crippen LogP contribution in [0.2, 0.25) is 0 Å². The van der Waals surface area contributed by atoms with Gasteiger partial charge in [0.1, 0.15) is 19.8 Å². The summed E-state index contributed by atoms with van der Waals surface area (Å²) in [4.78, 5) is 53.3. The summed E-state index contributed by atoms with van der Waals surface area (Å²) in [5.74, 6) is 1.04. The van der Waals surface area contributed by atoms with Crippen molar-refractivity contribution in [3.8, 4) is 0 Å². The maximum absolute atomic E-state index is 13.2. The molecule has 2 aliphatic heterocycles. The van der Waals surface area contributed by atoms with Gasteiger partial charge >= 0.3 is 0 Å². The molecule has 0 fully saturated rings. The minimum Gasteiger partial charge on any atom is -0.288 e. The van der Waals surface area contributed by atoms with E-state index in [1.165, 1.54) is 0 Å². The lowest BCUT2D eigenvalue weighted by atomic mass is 10.1. The van der Waals surface area contributed by atoms with E-state index < -0.39 is 0 Å². The Kier molecular flexibility index (Phi) is 4.69. The minimum atomic E-state index is -0.270. The number of H-pyrrole nitrogens is 2. The predicted octanol–water partition coefficient (Wildman–Crippen LogP) is 1.53. The second-order valence-electron chi connectivity index (χ2n) is 9.21. The molecule has 2 aromatic carbocycles. The van der Waals surface area contributed by atoms with Crippen LogP contribution in [0.3, 0.4) is 0 Å². The standard InChI is InChI=1S/C26H14N8O4S2/c35-19-11-5-1-3-7-13(11)21(37)23-17(19)31-33-15(27-29-25(33)39-23)9-10-16-28-30-26-34(16)32-18-20(36)12-6-2-4-8-14(12)22(38)24(18)40-26/h1-8,31-32H,9-10H2. The fourth-order valence-electron chi connectivity index (χ4n) is 5.01. The van der Waals surface area contributed by atoms with Gasteiger partial charge in [0.05, 0.1) is 0 Å². The fraction of sp³-hybridized carbons (Fsp3) is 0.0769. The molecule has 2 N–H and O–H groups in total. The molecule has 2 aliphatic carbocycles. The van der Waals surface area contributed by atoms with Gasteiger partial charge in [-0.1, -0.05) is 71.2 Å². The summed E-state index contributed by atoms with van der Waals surface area (Å²) in [7, 11) is 0. The van der Waals surface area contributed by atoms with E-state index in [9.17, 15) is 19.2 Å². The van der Waals surface area contributed by atoms with Crippen molar-refractivity contribution >= 4 is 54.1 Å². The molecular weight excluding hydrogens is 552 g/mol. The SMILES string of the molecule is O=c1c2[nH]n3c(CCc4nnc5sc6c(=O)c7ccccc7c(=O)c=6[nH]n45)nnc3sc=2c(=O)c2ccccc12. The molecule has 0 radical (unpaired) electrons. The van der Waals surface area contributed by atoms with Gasteiger partial charge in [-0.3, -0.25) is 29.4 Å². The highest BCUT2D eigenvalue weighted by molar-refractivity contribution is 7.15. The molecule has 0 unspecified atom stereocenters. The molecule has 12 nitrogen and oxygen atoms in total. The molecule has 4 heterocycles. The molecular formula is C26H14N8O4S2. The van der Waals surface area contributed by atoms with Crippen molar-refractivity contribution in [1.82, 2.24) is 39.6 Å². The van der Waals surface area contributed by atoms with Gasteiger partial charge in [-0.05, 0) is 0 Å². The molecule has 0 amide bonds. The number of aromatic amines is 2. The van der Waals surface area contributed by atoms with Crippen molar-refractivity contribution in [3.63, 3.8) is 0 Å². The van der Waals surface area contributed by atoms with E-state index in [0.29, 0.717) is 65.0 Å². The Bertz CT molecular complexity index is 2530. The van der Waals surface area contributed by atoms with Gasteiger partial charge in [0.15, 0.2) is 11.6 Å². The van der Waals surface area contributed by atoms with Crippen LogP contribution in [-0.2, 0) is 12.8 Å². The van der Waals surface area contributed by atoms with Crippen molar-refractivity contribution in [2.75, 3.05) is 0 Å². The average molecular weight is 567 g/mol. The van der Waals surface area contributed by atoms with Gasteiger partial charge < -0.3 is 0 Å². The third kappa shape index (κ3) is 3.11. The number of rotatable bonds is 3. The molecule has 0 saturated heterocycles. The van der Waals surface area contributed by atoms with Crippen molar-refractivity contribution in [3.05, 3.63) is 121 Å². The largest absolute Gasteiger partial charge is 0.288 e. The Hall–Kier alpha value is -5.08. The van der Waals surface area contributed by atoms with Crippen LogP contribution in [0.25, 0.3) is 31.5 Å². The molecule has 0 spiro atoms. The number of hydrogen-bond donors (Lipinski definition) is 2. The second-order valence-corrected chi connectivity index (χ2v) is 11.2. The molecule has 0 bridgehead atoms. The van der Waals surface area contributed by atoms with Crippen molar-refractivity contribution < 1.29 is 0 Å². The maximum Gasteiger partial charge on any atom is 0.231 e. The Balaban J connectivity index is 1.25. The fourth-order valence-corrected chi connectivity index (χ4v) is 6.91. The zero-order chi connectivity index (χ0) is 27.1. The Morgan fingerprint density at radius 1 is 0.550 bits per heavy atom. The Morgan fingerprint density at radius 3 is 1.32 bits per heavy atom. The van der Waals surface area contributed by atoms with Crippen LogP contribution in [0, 0.1) is 19.8 Å².